The SMILES string of the molecule is C=CCN(c1ccc(OC(C)C)cc1)S(=O)(=O)c1ccc(OC)c(Cl)c1. The molecule has 26 heavy (non-hydrogen) atoms. The summed E-state index contributed by atoms with van der Waals surface area (Å²) in [5.41, 5.74) is 0.507. The first-order chi connectivity index (χ1) is 12.3. The molecule has 0 amide bonds. The van der Waals surface area contributed by atoms with Gasteiger partial charge in [-0.2, -0.15) is 0 Å². The molecule has 0 aliphatic heterocycles. The number of ether oxygens (including phenoxy) is 2. The summed E-state index contributed by atoms with van der Waals surface area (Å²) >= 11 is 6.09. The van der Waals surface area contributed by atoms with Gasteiger partial charge in [0.05, 0.1) is 35.4 Å². The third-order valence-electron chi connectivity index (χ3n) is 3.50. The van der Waals surface area contributed by atoms with Crippen molar-refractivity contribution < 1.29 is 17.9 Å². The highest BCUT2D eigenvalue weighted by molar-refractivity contribution is 7.92. The quantitative estimate of drug-likeness (QED) is 0.617. The van der Waals surface area contributed by atoms with Gasteiger partial charge in [-0.15, -0.1) is 6.58 Å². The Bertz CT molecular complexity index is 864. The molecule has 0 saturated carbocycles. The van der Waals surface area contributed by atoms with E-state index in [1.807, 2.05) is 13.8 Å². The number of hydrogen-bond donors (Lipinski definition) is 0. The number of benzene rings is 2. The third kappa shape index (κ3) is 4.51. The molecule has 0 N–H and O–H groups in total. The van der Waals surface area contributed by atoms with Crippen LogP contribution in [0.2, 0.25) is 5.02 Å². The van der Waals surface area contributed by atoms with Gasteiger partial charge in [0, 0.05) is 0 Å². The molecule has 2 aromatic carbocycles. The molecule has 0 aromatic heterocycles. The van der Waals surface area contributed by atoms with E-state index in [9.17, 15) is 8.42 Å². The third-order valence-corrected chi connectivity index (χ3v) is 5.59. The van der Waals surface area contributed by atoms with Gasteiger partial charge in [-0.05, 0) is 56.3 Å². The molecule has 2 rings (SSSR count). The van der Waals surface area contributed by atoms with Crippen molar-refractivity contribution in [1.82, 2.24) is 0 Å². The van der Waals surface area contributed by atoms with E-state index in [1.165, 1.54) is 35.7 Å². The van der Waals surface area contributed by atoms with Gasteiger partial charge in [0.2, 0.25) is 0 Å². The first-order valence-corrected chi connectivity index (χ1v) is 9.85. The zero-order valence-electron chi connectivity index (χ0n) is 15.0. The molecule has 0 heterocycles. The van der Waals surface area contributed by atoms with Crippen LogP contribution in [0.15, 0.2) is 60.0 Å². The zero-order valence-corrected chi connectivity index (χ0v) is 16.5. The predicted octanol–water partition coefficient (Wildman–Crippen LogP) is 4.52. The first-order valence-electron chi connectivity index (χ1n) is 8.03. The number of methoxy groups -OCH3 is 1. The number of anilines is 1. The van der Waals surface area contributed by atoms with Gasteiger partial charge in [-0.1, -0.05) is 17.7 Å². The Morgan fingerprint density at radius 1 is 1.19 bits per heavy atom. The van der Waals surface area contributed by atoms with Crippen LogP contribution in [-0.2, 0) is 10.0 Å². The van der Waals surface area contributed by atoms with Crippen LogP contribution in [0.5, 0.6) is 11.5 Å². The summed E-state index contributed by atoms with van der Waals surface area (Å²) in [5, 5.41) is 0.229. The maximum Gasteiger partial charge on any atom is 0.264 e. The lowest BCUT2D eigenvalue weighted by atomic mass is 10.3. The molecule has 7 heteroatoms. The minimum absolute atomic E-state index is 0.0373. The molecule has 0 aliphatic rings. The second-order valence-corrected chi connectivity index (χ2v) is 8.05. The van der Waals surface area contributed by atoms with E-state index >= 15 is 0 Å². The maximum absolute atomic E-state index is 13.1. The molecule has 2 aromatic rings. The largest absolute Gasteiger partial charge is 0.495 e. The van der Waals surface area contributed by atoms with Gasteiger partial charge in [-0.3, -0.25) is 4.31 Å². The molecule has 0 fully saturated rings. The van der Waals surface area contributed by atoms with Crippen molar-refractivity contribution >= 4 is 27.3 Å². The normalized spacial score (nSPS) is 11.3. The average molecular weight is 396 g/mol. The first kappa shape index (κ1) is 20.1. The van der Waals surface area contributed by atoms with E-state index < -0.39 is 10.0 Å². The van der Waals surface area contributed by atoms with Crippen molar-refractivity contribution in [3.63, 3.8) is 0 Å². The molecule has 0 bridgehead atoms. The fourth-order valence-corrected chi connectivity index (χ4v) is 4.14. The highest BCUT2D eigenvalue weighted by Gasteiger charge is 2.25. The molecular formula is C19H22ClNO4S. The van der Waals surface area contributed by atoms with E-state index in [2.05, 4.69) is 6.58 Å². The summed E-state index contributed by atoms with van der Waals surface area (Å²) in [6.07, 6.45) is 1.57. The Morgan fingerprint density at radius 3 is 2.35 bits per heavy atom. The Morgan fingerprint density at radius 2 is 1.85 bits per heavy atom. The van der Waals surface area contributed by atoms with Gasteiger partial charge in [0.25, 0.3) is 10.0 Å². The highest BCUT2D eigenvalue weighted by atomic mass is 35.5. The molecule has 0 aliphatic carbocycles. The highest BCUT2D eigenvalue weighted by Crippen LogP contribution is 2.31. The number of sulfonamides is 1. The molecule has 0 saturated heterocycles. The van der Waals surface area contributed by atoms with Crippen LogP contribution in [0.4, 0.5) is 5.69 Å². The lowest BCUT2D eigenvalue weighted by Crippen LogP contribution is -2.31. The lowest BCUT2D eigenvalue weighted by Gasteiger charge is -2.24. The predicted molar refractivity (Wildman–Crippen MR) is 105 cm³/mol. The topological polar surface area (TPSA) is 55.8 Å². The van der Waals surface area contributed by atoms with Gasteiger partial charge in [0.1, 0.15) is 11.5 Å². The fraction of sp³-hybridized carbons (Fsp3) is 0.263. The van der Waals surface area contributed by atoms with E-state index in [0.29, 0.717) is 17.2 Å². The van der Waals surface area contributed by atoms with Crippen LogP contribution in [0.25, 0.3) is 0 Å². The van der Waals surface area contributed by atoms with E-state index in [-0.39, 0.29) is 22.6 Å². The standard InChI is InChI=1S/C19H22ClNO4S/c1-5-12-21(15-6-8-16(9-7-15)25-14(2)3)26(22,23)17-10-11-19(24-4)18(20)13-17/h5-11,13-14H,1,12H2,2-4H3. The van der Waals surface area contributed by atoms with Crippen molar-refractivity contribution in [2.75, 3.05) is 18.0 Å². The lowest BCUT2D eigenvalue weighted by molar-refractivity contribution is 0.242. The Kier molecular flexibility index (Phi) is 6.56. The zero-order chi connectivity index (χ0) is 19.3. The van der Waals surface area contributed by atoms with Crippen LogP contribution >= 0.6 is 11.6 Å². The Hall–Kier alpha value is -2.18. The molecular weight excluding hydrogens is 374 g/mol. The number of nitrogens with zero attached hydrogens (tertiary/aromatic N) is 1. The van der Waals surface area contributed by atoms with Gasteiger partial charge < -0.3 is 9.47 Å². The van der Waals surface area contributed by atoms with Crippen LogP contribution in [0.1, 0.15) is 13.8 Å². The average Bonchev–Trinajstić information content (AvgIpc) is 2.60. The second kappa shape index (κ2) is 8.47. The summed E-state index contributed by atoms with van der Waals surface area (Å²) in [6, 6.07) is 11.2. The number of halogens is 1. The van der Waals surface area contributed by atoms with Gasteiger partial charge in [-0.25, -0.2) is 8.42 Å². The van der Waals surface area contributed by atoms with Crippen LogP contribution in [-0.4, -0.2) is 28.2 Å². The molecule has 0 radical (unpaired) electrons. The summed E-state index contributed by atoms with van der Waals surface area (Å²) < 4.78 is 38.1. The van der Waals surface area contributed by atoms with Crippen molar-refractivity contribution in [2.45, 2.75) is 24.8 Å². The number of hydrogen-bond acceptors (Lipinski definition) is 4. The smallest absolute Gasteiger partial charge is 0.264 e. The molecule has 140 valence electrons. The van der Waals surface area contributed by atoms with Crippen molar-refractivity contribution in [3.05, 3.63) is 60.1 Å². The summed E-state index contributed by atoms with van der Waals surface area (Å²) in [5.74, 6) is 1.09. The Balaban J connectivity index is 2.41. The molecule has 0 atom stereocenters. The van der Waals surface area contributed by atoms with Crippen LogP contribution in [0, 0.1) is 0 Å². The molecule has 0 unspecified atom stereocenters. The minimum Gasteiger partial charge on any atom is -0.495 e. The maximum atomic E-state index is 13.1. The van der Waals surface area contributed by atoms with E-state index in [0.717, 1.165) is 0 Å². The van der Waals surface area contributed by atoms with E-state index in [4.69, 9.17) is 21.1 Å². The molecule has 0 spiro atoms. The summed E-state index contributed by atoms with van der Waals surface area (Å²) in [7, 11) is -2.35. The van der Waals surface area contributed by atoms with Crippen LogP contribution in [0.3, 0.4) is 0 Å². The summed E-state index contributed by atoms with van der Waals surface area (Å²) in [4.78, 5) is 0.0765. The van der Waals surface area contributed by atoms with Gasteiger partial charge >= 0.3 is 0 Å². The van der Waals surface area contributed by atoms with Gasteiger partial charge in [0.15, 0.2) is 0 Å². The van der Waals surface area contributed by atoms with Crippen molar-refractivity contribution in [1.29, 1.82) is 0 Å². The second-order valence-electron chi connectivity index (χ2n) is 5.78. The van der Waals surface area contributed by atoms with Crippen molar-refractivity contribution in [3.8, 4) is 11.5 Å². The molecule has 5 nitrogen and oxygen atoms in total. The van der Waals surface area contributed by atoms with Crippen LogP contribution < -0.4 is 13.8 Å². The van der Waals surface area contributed by atoms with E-state index in [1.54, 1.807) is 24.3 Å². The summed E-state index contributed by atoms with van der Waals surface area (Å²) in [6.45, 7) is 7.63. The Labute approximate surface area is 159 Å². The monoisotopic (exact) mass is 395 g/mol. The van der Waals surface area contributed by atoms with Crippen molar-refractivity contribution in [2.24, 2.45) is 0 Å². The fourth-order valence-electron chi connectivity index (χ4n) is 2.36. The number of rotatable bonds is 8. The minimum atomic E-state index is -3.82.